The van der Waals surface area contributed by atoms with Crippen LogP contribution in [0.2, 0.25) is 0 Å². The van der Waals surface area contributed by atoms with E-state index in [1.165, 1.54) is 6.42 Å². The van der Waals surface area contributed by atoms with E-state index in [1.807, 2.05) is 18.2 Å². The summed E-state index contributed by atoms with van der Waals surface area (Å²) in [5.41, 5.74) is 1.01. The van der Waals surface area contributed by atoms with Gasteiger partial charge in [-0.3, -0.25) is 4.98 Å². The van der Waals surface area contributed by atoms with Crippen LogP contribution >= 0.6 is 0 Å². The molecule has 0 saturated heterocycles. The summed E-state index contributed by atoms with van der Waals surface area (Å²) in [5.74, 6) is 0. The van der Waals surface area contributed by atoms with Gasteiger partial charge in [-0.05, 0) is 25.5 Å². The van der Waals surface area contributed by atoms with Crippen molar-refractivity contribution in [1.82, 2.24) is 4.98 Å². The molecule has 0 aliphatic heterocycles. The van der Waals surface area contributed by atoms with E-state index in [2.05, 4.69) is 18.8 Å². The third-order valence-electron chi connectivity index (χ3n) is 1.94. The number of nitrogens with zero attached hydrogens (tertiary/aromatic N) is 1. The van der Waals surface area contributed by atoms with Crippen LogP contribution in [-0.4, -0.2) is 11.1 Å². The smallest absolute Gasteiger partial charge is 0.0891 e. The van der Waals surface area contributed by atoms with Crippen LogP contribution in [0, 0.1) is 0 Å². The molecule has 0 amide bonds. The molecule has 2 heteroatoms. The van der Waals surface area contributed by atoms with Gasteiger partial charge in [-0.2, -0.15) is 0 Å². The van der Waals surface area contributed by atoms with Crippen LogP contribution < -0.4 is 0 Å². The molecule has 0 bridgehead atoms. The molecule has 1 unspecified atom stereocenters. The van der Waals surface area contributed by atoms with Gasteiger partial charge in [-0.1, -0.05) is 19.4 Å². The highest BCUT2D eigenvalue weighted by Gasteiger charge is 2.00. The summed E-state index contributed by atoms with van der Waals surface area (Å²) < 4.78 is 5.61. The standard InChI is InChI=1S/C11H17NO/c1-3-6-10(2)13-9-11-7-4-5-8-12-11/h4-5,7-8,10H,3,6,9H2,1-2H3. The molecule has 0 aliphatic carbocycles. The van der Waals surface area contributed by atoms with Crippen molar-refractivity contribution in [3.05, 3.63) is 30.1 Å². The van der Waals surface area contributed by atoms with E-state index in [1.54, 1.807) is 6.20 Å². The Morgan fingerprint density at radius 2 is 2.31 bits per heavy atom. The Morgan fingerprint density at radius 1 is 1.46 bits per heavy atom. The Bertz CT molecular complexity index is 223. The van der Waals surface area contributed by atoms with Gasteiger partial charge in [0.15, 0.2) is 0 Å². The van der Waals surface area contributed by atoms with E-state index in [0.717, 1.165) is 12.1 Å². The molecule has 2 nitrogen and oxygen atoms in total. The largest absolute Gasteiger partial charge is 0.372 e. The molecule has 0 aromatic carbocycles. The SMILES string of the molecule is CCCC(C)OCc1ccccn1. The molecule has 72 valence electrons. The van der Waals surface area contributed by atoms with Gasteiger partial charge >= 0.3 is 0 Å². The molecule has 13 heavy (non-hydrogen) atoms. The van der Waals surface area contributed by atoms with Gasteiger partial charge in [-0.15, -0.1) is 0 Å². The summed E-state index contributed by atoms with van der Waals surface area (Å²) in [7, 11) is 0. The van der Waals surface area contributed by atoms with Crippen LogP contribution in [0.4, 0.5) is 0 Å². The van der Waals surface area contributed by atoms with Crippen molar-refractivity contribution in [2.24, 2.45) is 0 Å². The molecule has 1 atom stereocenters. The maximum Gasteiger partial charge on any atom is 0.0891 e. The van der Waals surface area contributed by atoms with Gasteiger partial charge in [0, 0.05) is 6.20 Å². The van der Waals surface area contributed by atoms with Gasteiger partial charge in [0.1, 0.15) is 0 Å². The summed E-state index contributed by atoms with van der Waals surface area (Å²) in [5, 5.41) is 0. The maximum atomic E-state index is 5.61. The Morgan fingerprint density at radius 3 is 2.92 bits per heavy atom. The average molecular weight is 179 g/mol. The molecule has 0 radical (unpaired) electrons. The zero-order valence-electron chi connectivity index (χ0n) is 8.36. The fourth-order valence-corrected chi connectivity index (χ4v) is 1.20. The third-order valence-corrected chi connectivity index (χ3v) is 1.94. The van der Waals surface area contributed by atoms with Crippen LogP contribution in [0.5, 0.6) is 0 Å². The quantitative estimate of drug-likeness (QED) is 0.693. The fourth-order valence-electron chi connectivity index (χ4n) is 1.20. The molecular formula is C11H17NO. The van der Waals surface area contributed by atoms with Crippen molar-refractivity contribution in [3.63, 3.8) is 0 Å². The Balaban J connectivity index is 2.27. The number of ether oxygens (including phenoxy) is 1. The third kappa shape index (κ3) is 4.04. The highest BCUT2D eigenvalue weighted by atomic mass is 16.5. The molecule has 0 fully saturated rings. The normalized spacial score (nSPS) is 12.8. The lowest BCUT2D eigenvalue weighted by atomic mass is 10.2. The highest BCUT2D eigenvalue weighted by Crippen LogP contribution is 2.04. The van der Waals surface area contributed by atoms with Gasteiger partial charge in [0.25, 0.3) is 0 Å². The summed E-state index contributed by atoms with van der Waals surface area (Å²) >= 11 is 0. The maximum absolute atomic E-state index is 5.61. The van der Waals surface area contributed by atoms with E-state index < -0.39 is 0 Å². The van der Waals surface area contributed by atoms with Gasteiger partial charge < -0.3 is 4.74 Å². The predicted molar refractivity (Wildman–Crippen MR) is 53.4 cm³/mol. The number of aromatic nitrogens is 1. The average Bonchev–Trinajstić information content (AvgIpc) is 2.17. The lowest BCUT2D eigenvalue weighted by Crippen LogP contribution is -2.07. The molecule has 0 N–H and O–H groups in total. The van der Waals surface area contributed by atoms with E-state index in [0.29, 0.717) is 12.7 Å². The van der Waals surface area contributed by atoms with Gasteiger partial charge in [0.2, 0.25) is 0 Å². The molecule has 0 aliphatic rings. The first-order valence-electron chi connectivity index (χ1n) is 4.84. The summed E-state index contributed by atoms with van der Waals surface area (Å²) in [6.07, 6.45) is 4.42. The van der Waals surface area contributed by atoms with E-state index in [4.69, 9.17) is 4.74 Å². The number of hydrogen-bond acceptors (Lipinski definition) is 2. The molecule has 1 aromatic rings. The molecule has 1 aromatic heterocycles. The first-order valence-corrected chi connectivity index (χ1v) is 4.84. The second kappa shape index (κ2) is 5.70. The van der Waals surface area contributed by atoms with Crippen molar-refractivity contribution in [3.8, 4) is 0 Å². The zero-order valence-corrected chi connectivity index (χ0v) is 8.36. The van der Waals surface area contributed by atoms with Crippen molar-refractivity contribution in [1.29, 1.82) is 0 Å². The first kappa shape index (κ1) is 10.2. The molecule has 1 rings (SSSR count). The summed E-state index contributed by atoms with van der Waals surface area (Å²) in [6, 6.07) is 5.88. The Labute approximate surface area is 80.0 Å². The summed E-state index contributed by atoms with van der Waals surface area (Å²) in [6.45, 7) is 4.90. The minimum Gasteiger partial charge on any atom is -0.372 e. The second-order valence-corrected chi connectivity index (χ2v) is 3.23. The van der Waals surface area contributed by atoms with E-state index in [9.17, 15) is 0 Å². The highest BCUT2D eigenvalue weighted by molar-refractivity contribution is 5.01. The minimum absolute atomic E-state index is 0.340. The fraction of sp³-hybridized carbons (Fsp3) is 0.545. The zero-order chi connectivity index (χ0) is 9.52. The van der Waals surface area contributed by atoms with Gasteiger partial charge in [0.05, 0.1) is 18.4 Å². The number of hydrogen-bond donors (Lipinski definition) is 0. The van der Waals surface area contributed by atoms with Crippen molar-refractivity contribution in [2.45, 2.75) is 39.4 Å². The first-order chi connectivity index (χ1) is 6.33. The predicted octanol–water partition coefficient (Wildman–Crippen LogP) is 2.79. The lowest BCUT2D eigenvalue weighted by Gasteiger charge is -2.10. The molecule has 0 spiro atoms. The van der Waals surface area contributed by atoms with Crippen LogP contribution in [-0.2, 0) is 11.3 Å². The number of pyridine rings is 1. The van der Waals surface area contributed by atoms with Gasteiger partial charge in [-0.25, -0.2) is 0 Å². The molecular weight excluding hydrogens is 162 g/mol. The second-order valence-electron chi connectivity index (χ2n) is 3.23. The molecule has 1 heterocycles. The Kier molecular flexibility index (Phi) is 4.47. The van der Waals surface area contributed by atoms with Crippen LogP contribution in [0.3, 0.4) is 0 Å². The van der Waals surface area contributed by atoms with E-state index >= 15 is 0 Å². The van der Waals surface area contributed by atoms with E-state index in [-0.39, 0.29) is 0 Å². The van der Waals surface area contributed by atoms with Crippen LogP contribution in [0.25, 0.3) is 0 Å². The van der Waals surface area contributed by atoms with Crippen molar-refractivity contribution < 1.29 is 4.74 Å². The monoisotopic (exact) mass is 179 g/mol. The summed E-state index contributed by atoms with van der Waals surface area (Å²) in [4.78, 5) is 4.19. The number of rotatable bonds is 5. The lowest BCUT2D eigenvalue weighted by molar-refractivity contribution is 0.0453. The topological polar surface area (TPSA) is 22.1 Å². The van der Waals surface area contributed by atoms with Crippen LogP contribution in [0.15, 0.2) is 24.4 Å². The van der Waals surface area contributed by atoms with Crippen LogP contribution in [0.1, 0.15) is 32.4 Å². The van der Waals surface area contributed by atoms with Crippen molar-refractivity contribution >= 4 is 0 Å². The van der Waals surface area contributed by atoms with Crippen molar-refractivity contribution in [2.75, 3.05) is 0 Å². The Hall–Kier alpha value is -0.890. The minimum atomic E-state index is 0.340. The molecule has 0 saturated carbocycles.